The zero-order valence-electron chi connectivity index (χ0n) is 7.71. The van der Waals surface area contributed by atoms with E-state index in [-0.39, 0.29) is 0 Å². The largest absolute Gasteiger partial charge is 0.374 e. The molecule has 0 aliphatic carbocycles. The molecule has 0 saturated carbocycles. The van der Waals surface area contributed by atoms with Crippen molar-refractivity contribution in [2.45, 2.75) is 6.10 Å². The number of rotatable bonds is 2. The quantitative estimate of drug-likeness (QED) is 0.557. The fourth-order valence-corrected chi connectivity index (χ4v) is 1.38. The Labute approximate surface area is 68.9 Å². The lowest BCUT2D eigenvalue weighted by Crippen LogP contribution is -2.44. The molecule has 0 unspecified atom stereocenters. The monoisotopic (exact) mass is 158 g/mol. The first-order valence-corrected chi connectivity index (χ1v) is 4.13. The molecule has 0 aromatic rings. The second-order valence-corrected chi connectivity index (χ2v) is 3.52. The van der Waals surface area contributed by atoms with Gasteiger partial charge in [-0.2, -0.15) is 0 Å². The van der Waals surface area contributed by atoms with Crippen molar-refractivity contribution in [2.75, 3.05) is 47.4 Å². The van der Waals surface area contributed by atoms with Gasteiger partial charge in [0.25, 0.3) is 0 Å². The number of nitrogens with zero attached hydrogens (tertiary/aromatic N) is 2. The maximum Gasteiger partial charge on any atom is 0.0828 e. The van der Waals surface area contributed by atoms with Crippen molar-refractivity contribution in [3.8, 4) is 0 Å². The average Bonchev–Trinajstić information content (AvgIpc) is 1.85. The molecule has 0 amide bonds. The van der Waals surface area contributed by atoms with Crippen LogP contribution in [0.15, 0.2) is 0 Å². The molecular formula is C8H18N2O. The molecule has 1 rings (SSSR count). The smallest absolute Gasteiger partial charge is 0.0828 e. The molecule has 1 aliphatic heterocycles. The summed E-state index contributed by atoms with van der Waals surface area (Å²) in [6, 6.07) is 0. The molecule has 1 aliphatic rings. The number of morpholine rings is 1. The van der Waals surface area contributed by atoms with Gasteiger partial charge in [0.2, 0.25) is 0 Å². The molecule has 1 fully saturated rings. The van der Waals surface area contributed by atoms with Gasteiger partial charge in [-0.1, -0.05) is 0 Å². The molecule has 3 heteroatoms. The van der Waals surface area contributed by atoms with Gasteiger partial charge in [-0.3, -0.25) is 0 Å². The lowest BCUT2D eigenvalue weighted by atomic mass is 10.3. The second kappa shape index (κ2) is 4.04. The summed E-state index contributed by atoms with van der Waals surface area (Å²) in [5, 5.41) is 0. The first kappa shape index (κ1) is 8.97. The summed E-state index contributed by atoms with van der Waals surface area (Å²) in [7, 11) is 6.31. The third kappa shape index (κ3) is 3.18. The highest BCUT2D eigenvalue weighted by Crippen LogP contribution is 2.02. The number of hydrogen-bond donors (Lipinski definition) is 0. The molecule has 11 heavy (non-hydrogen) atoms. The van der Waals surface area contributed by atoms with Gasteiger partial charge < -0.3 is 14.5 Å². The maximum atomic E-state index is 5.58. The van der Waals surface area contributed by atoms with Crippen LogP contribution in [0.4, 0.5) is 0 Å². The van der Waals surface area contributed by atoms with Crippen molar-refractivity contribution in [3.05, 3.63) is 0 Å². The summed E-state index contributed by atoms with van der Waals surface area (Å²) in [4.78, 5) is 4.49. The van der Waals surface area contributed by atoms with Gasteiger partial charge in [-0.15, -0.1) is 0 Å². The summed E-state index contributed by atoms with van der Waals surface area (Å²) < 4.78 is 5.58. The molecule has 1 heterocycles. The van der Waals surface area contributed by atoms with E-state index < -0.39 is 0 Å². The van der Waals surface area contributed by atoms with Gasteiger partial charge in [-0.05, 0) is 21.1 Å². The normalized spacial score (nSPS) is 27.8. The van der Waals surface area contributed by atoms with Crippen molar-refractivity contribution < 1.29 is 4.74 Å². The van der Waals surface area contributed by atoms with Crippen LogP contribution in [0, 0.1) is 0 Å². The Morgan fingerprint density at radius 3 is 2.82 bits per heavy atom. The van der Waals surface area contributed by atoms with Gasteiger partial charge in [-0.25, -0.2) is 0 Å². The minimum absolute atomic E-state index is 0.406. The third-order valence-electron chi connectivity index (χ3n) is 1.91. The fourth-order valence-electron chi connectivity index (χ4n) is 1.38. The molecule has 66 valence electrons. The highest BCUT2D eigenvalue weighted by Gasteiger charge is 2.17. The van der Waals surface area contributed by atoms with Crippen LogP contribution in [0.5, 0.6) is 0 Å². The molecular weight excluding hydrogens is 140 g/mol. The molecule has 1 atom stereocenters. The predicted molar refractivity (Wildman–Crippen MR) is 45.8 cm³/mol. The topological polar surface area (TPSA) is 15.7 Å². The summed E-state index contributed by atoms with van der Waals surface area (Å²) in [6.07, 6.45) is 0.406. The second-order valence-electron chi connectivity index (χ2n) is 3.52. The Morgan fingerprint density at radius 1 is 1.55 bits per heavy atom. The highest BCUT2D eigenvalue weighted by atomic mass is 16.5. The van der Waals surface area contributed by atoms with Crippen molar-refractivity contribution in [1.82, 2.24) is 9.80 Å². The summed E-state index contributed by atoms with van der Waals surface area (Å²) in [5.41, 5.74) is 0. The van der Waals surface area contributed by atoms with E-state index in [0.717, 1.165) is 26.2 Å². The Hall–Kier alpha value is -0.120. The van der Waals surface area contributed by atoms with E-state index in [2.05, 4.69) is 30.9 Å². The predicted octanol–water partition coefficient (Wildman–Crippen LogP) is -0.121. The molecule has 0 bridgehead atoms. The van der Waals surface area contributed by atoms with Crippen LogP contribution in [-0.2, 0) is 4.74 Å². The average molecular weight is 158 g/mol. The van der Waals surface area contributed by atoms with Crippen LogP contribution < -0.4 is 0 Å². The first-order chi connectivity index (χ1) is 5.18. The highest BCUT2D eigenvalue weighted by molar-refractivity contribution is 4.70. The SMILES string of the molecule is CN(C)C[C@H]1CN(C)CCO1. The van der Waals surface area contributed by atoms with E-state index >= 15 is 0 Å². The third-order valence-corrected chi connectivity index (χ3v) is 1.91. The van der Waals surface area contributed by atoms with Crippen LogP contribution in [-0.4, -0.2) is 63.3 Å². The number of hydrogen-bond acceptors (Lipinski definition) is 3. The van der Waals surface area contributed by atoms with Crippen LogP contribution in [0.2, 0.25) is 0 Å². The molecule has 0 spiro atoms. The molecule has 0 radical (unpaired) electrons. The fraction of sp³-hybridized carbons (Fsp3) is 1.00. The van der Waals surface area contributed by atoms with Gasteiger partial charge in [0.05, 0.1) is 12.7 Å². The minimum Gasteiger partial charge on any atom is -0.374 e. The Kier molecular flexibility index (Phi) is 3.30. The summed E-state index contributed by atoms with van der Waals surface area (Å²) in [5.74, 6) is 0. The van der Waals surface area contributed by atoms with E-state index in [1.807, 2.05) is 0 Å². The van der Waals surface area contributed by atoms with Gasteiger partial charge in [0.1, 0.15) is 0 Å². The van der Waals surface area contributed by atoms with E-state index in [4.69, 9.17) is 4.74 Å². The van der Waals surface area contributed by atoms with Crippen molar-refractivity contribution in [3.63, 3.8) is 0 Å². The van der Waals surface area contributed by atoms with Gasteiger partial charge in [0, 0.05) is 19.6 Å². The molecule has 0 N–H and O–H groups in total. The molecule has 3 nitrogen and oxygen atoms in total. The van der Waals surface area contributed by atoms with E-state index in [9.17, 15) is 0 Å². The van der Waals surface area contributed by atoms with Crippen molar-refractivity contribution >= 4 is 0 Å². The minimum atomic E-state index is 0.406. The zero-order valence-corrected chi connectivity index (χ0v) is 7.71. The van der Waals surface area contributed by atoms with Crippen molar-refractivity contribution in [2.24, 2.45) is 0 Å². The Bertz CT molecular complexity index is 115. The number of likely N-dealkylation sites (N-methyl/N-ethyl adjacent to an activating group) is 2. The van der Waals surface area contributed by atoms with Crippen LogP contribution >= 0.6 is 0 Å². The summed E-state index contributed by atoms with van der Waals surface area (Å²) in [6.45, 7) is 4.06. The van der Waals surface area contributed by atoms with Crippen LogP contribution in [0.1, 0.15) is 0 Å². The molecule has 0 aromatic heterocycles. The van der Waals surface area contributed by atoms with E-state index in [0.29, 0.717) is 6.10 Å². The number of ether oxygens (including phenoxy) is 1. The maximum absolute atomic E-state index is 5.58. The Balaban J connectivity index is 2.23. The Morgan fingerprint density at radius 2 is 2.27 bits per heavy atom. The molecule has 0 aromatic carbocycles. The van der Waals surface area contributed by atoms with E-state index in [1.165, 1.54) is 0 Å². The standard InChI is InChI=1S/C8H18N2O/c1-9(2)6-8-7-10(3)4-5-11-8/h8H,4-7H2,1-3H3/t8-/m0/s1. The van der Waals surface area contributed by atoms with Crippen LogP contribution in [0.3, 0.4) is 0 Å². The molecule has 1 saturated heterocycles. The van der Waals surface area contributed by atoms with Gasteiger partial charge in [0.15, 0.2) is 0 Å². The zero-order chi connectivity index (χ0) is 8.27. The lowest BCUT2D eigenvalue weighted by molar-refractivity contribution is -0.0297. The van der Waals surface area contributed by atoms with Crippen molar-refractivity contribution in [1.29, 1.82) is 0 Å². The van der Waals surface area contributed by atoms with E-state index in [1.54, 1.807) is 0 Å². The van der Waals surface area contributed by atoms with Crippen LogP contribution in [0.25, 0.3) is 0 Å². The summed E-state index contributed by atoms with van der Waals surface area (Å²) >= 11 is 0. The lowest BCUT2D eigenvalue weighted by Gasteiger charge is -2.31. The first-order valence-electron chi connectivity index (χ1n) is 4.13. The van der Waals surface area contributed by atoms with Gasteiger partial charge >= 0.3 is 0 Å².